The van der Waals surface area contributed by atoms with Crippen LogP contribution >= 0.6 is 11.3 Å². The molecule has 1 N–H and O–H groups in total. The maximum absolute atomic E-state index is 4.07. The Kier molecular flexibility index (Phi) is 4.68. The Morgan fingerprint density at radius 1 is 1.29 bits per heavy atom. The zero-order valence-corrected chi connectivity index (χ0v) is 13.6. The van der Waals surface area contributed by atoms with Crippen LogP contribution in [0.25, 0.3) is 0 Å². The summed E-state index contributed by atoms with van der Waals surface area (Å²) in [6, 6.07) is 7.33. The molecular weight excluding hydrogens is 278 g/mol. The number of hydrogen-bond donors (Lipinski definition) is 1. The van der Waals surface area contributed by atoms with Gasteiger partial charge in [-0.15, -0.1) is 11.3 Å². The first-order valence-electron chi connectivity index (χ1n) is 7.60. The van der Waals surface area contributed by atoms with Gasteiger partial charge in [0.2, 0.25) is 0 Å². The molecule has 0 aromatic carbocycles. The Morgan fingerprint density at radius 3 is 2.76 bits per heavy atom. The van der Waals surface area contributed by atoms with Gasteiger partial charge in [-0.05, 0) is 56.1 Å². The number of nitrogens with zero attached hydrogens (tertiary/aromatic N) is 2. The van der Waals surface area contributed by atoms with Gasteiger partial charge in [-0.25, -0.2) is 0 Å². The second-order valence-electron chi connectivity index (χ2n) is 5.98. The Balaban J connectivity index is 1.55. The summed E-state index contributed by atoms with van der Waals surface area (Å²) < 4.78 is 0. The molecule has 21 heavy (non-hydrogen) atoms. The van der Waals surface area contributed by atoms with Crippen molar-refractivity contribution in [2.24, 2.45) is 0 Å². The van der Waals surface area contributed by atoms with E-state index in [2.05, 4.69) is 47.4 Å². The summed E-state index contributed by atoms with van der Waals surface area (Å²) >= 11 is 1.93. The minimum absolute atomic E-state index is 0.783. The van der Waals surface area contributed by atoms with Crippen molar-refractivity contribution in [3.05, 3.63) is 51.5 Å². The maximum atomic E-state index is 4.07. The van der Waals surface area contributed by atoms with E-state index < -0.39 is 0 Å². The minimum atomic E-state index is 0.783. The van der Waals surface area contributed by atoms with Crippen molar-refractivity contribution in [3.8, 4) is 0 Å². The molecule has 1 saturated carbocycles. The van der Waals surface area contributed by atoms with E-state index in [1.165, 1.54) is 33.7 Å². The lowest BCUT2D eigenvalue weighted by Crippen LogP contribution is -2.17. The zero-order valence-electron chi connectivity index (χ0n) is 12.8. The van der Waals surface area contributed by atoms with Gasteiger partial charge < -0.3 is 5.32 Å². The summed E-state index contributed by atoms with van der Waals surface area (Å²) in [7, 11) is 2.18. The largest absolute Gasteiger partial charge is 0.309 e. The minimum Gasteiger partial charge on any atom is -0.309 e. The Bertz CT molecular complexity index is 575. The number of rotatable bonds is 7. The molecule has 2 heterocycles. The molecule has 112 valence electrons. The van der Waals surface area contributed by atoms with Gasteiger partial charge in [0.1, 0.15) is 0 Å². The lowest BCUT2D eigenvalue weighted by molar-refractivity contribution is 0.319. The smallest absolute Gasteiger partial charge is 0.0302 e. The normalized spacial score (nSPS) is 14.8. The molecule has 1 aliphatic rings. The van der Waals surface area contributed by atoms with E-state index in [-0.39, 0.29) is 0 Å². The van der Waals surface area contributed by atoms with Crippen molar-refractivity contribution in [2.45, 2.75) is 45.4 Å². The van der Waals surface area contributed by atoms with Gasteiger partial charge in [0.05, 0.1) is 0 Å². The SMILES string of the molecule is Cc1sc(CNC2CC2)cc1CN(C)Cc1ccncc1. The summed E-state index contributed by atoms with van der Waals surface area (Å²) in [4.78, 5) is 9.35. The fourth-order valence-electron chi connectivity index (χ4n) is 2.51. The van der Waals surface area contributed by atoms with Crippen LogP contribution in [0.2, 0.25) is 0 Å². The first kappa shape index (κ1) is 14.7. The van der Waals surface area contributed by atoms with Crippen LogP contribution in [0.5, 0.6) is 0 Å². The third-order valence-electron chi connectivity index (χ3n) is 3.86. The standard InChI is InChI=1S/C17H23N3S/c1-13-15(9-17(21-13)10-19-16-3-4-16)12-20(2)11-14-5-7-18-8-6-14/h5-9,16,19H,3-4,10-12H2,1-2H3. The van der Waals surface area contributed by atoms with Crippen LogP contribution in [0.15, 0.2) is 30.6 Å². The van der Waals surface area contributed by atoms with Gasteiger partial charge in [-0.1, -0.05) is 0 Å². The number of nitrogens with one attached hydrogen (secondary N) is 1. The highest BCUT2D eigenvalue weighted by molar-refractivity contribution is 7.12. The quantitative estimate of drug-likeness (QED) is 0.850. The van der Waals surface area contributed by atoms with Crippen LogP contribution in [0, 0.1) is 6.92 Å². The fraction of sp³-hybridized carbons (Fsp3) is 0.471. The molecule has 1 fully saturated rings. The van der Waals surface area contributed by atoms with Crippen molar-refractivity contribution < 1.29 is 0 Å². The maximum Gasteiger partial charge on any atom is 0.0302 e. The van der Waals surface area contributed by atoms with Gasteiger partial charge in [0.25, 0.3) is 0 Å². The van der Waals surface area contributed by atoms with Gasteiger partial charge in [-0.2, -0.15) is 0 Å². The van der Waals surface area contributed by atoms with Crippen LogP contribution in [-0.2, 0) is 19.6 Å². The lowest BCUT2D eigenvalue weighted by atomic mass is 10.2. The van der Waals surface area contributed by atoms with E-state index >= 15 is 0 Å². The number of aryl methyl sites for hydroxylation is 1. The third-order valence-corrected chi connectivity index (χ3v) is 4.95. The van der Waals surface area contributed by atoms with Gasteiger partial charge in [-0.3, -0.25) is 9.88 Å². The van der Waals surface area contributed by atoms with Crippen molar-refractivity contribution in [3.63, 3.8) is 0 Å². The van der Waals surface area contributed by atoms with E-state index in [0.717, 1.165) is 25.7 Å². The predicted molar refractivity (Wildman–Crippen MR) is 88.3 cm³/mol. The summed E-state index contributed by atoms with van der Waals surface area (Å²) in [5.74, 6) is 0. The molecule has 0 saturated heterocycles. The molecule has 0 radical (unpaired) electrons. The molecule has 4 heteroatoms. The molecule has 2 aromatic heterocycles. The molecule has 0 aliphatic heterocycles. The summed E-state index contributed by atoms with van der Waals surface area (Å²) in [5.41, 5.74) is 2.78. The first-order valence-corrected chi connectivity index (χ1v) is 8.41. The van der Waals surface area contributed by atoms with Gasteiger partial charge in [0.15, 0.2) is 0 Å². The van der Waals surface area contributed by atoms with E-state index in [0.29, 0.717) is 0 Å². The Labute approximate surface area is 131 Å². The Hall–Kier alpha value is -1.23. The molecule has 0 amide bonds. The Morgan fingerprint density at radius 2 is 2.05 bits per heavy atom. The molecular formula is C17H23N3S. The number of hydrogen-bond acceptors (Lipinski definition) is 4. The van der Waals surface area contributed by atoms with Crippen LogP contribution in [0.3, 0.4) is 0 Å². The van der Waals surface area contributed by atoms with E-state index in [1.54, 1.807) is 0 Å². The molecule has 0 unspecified atom stereocenters. The average Bonchev–Trinajstić information content (AvgIpc) is 3.23. The van der Waals surface area contributed by atoms with Crippen molar-refractivity contribution in [2.75, 3.05) is 7.05 Å². The summed E-state index contributed by atoms with van der Waals surface area (Å²) in [6.45, 7) is 5.24. The van der Waals surface area contributed by atoms with Crippen LogP contribution in [0.1, 0.15) is 33.7 Å². The number of thiophene rings is 1. The first-order chi connectivity index (χ1) is 10.2. The molecule has 3 rings (SSSR count). The van der Waals surface area contributed by atoms with Crippen molar-refractivity contribution >= 4 is 11.3 Å². The van der Waals surface area contributed by atoms with Crippen LogP contribution in [-0.4, -0.2) is 23.0 Å². The fourth-order valence-corrected chi connectivity index (χ4v) is 3.52. The highest BCUT2D eigenvalue weighted by Gasteiger charge is 2.20. The van der Waals surface area contributed by atoms with E-state index in [4.69, 9.17) is 0 Å². The molecule has 3 nitrogen and oxygen atoms in total. The van der Waals surface area contributed by atoms with E-state index in [1.807, 2.05) is 23.7 Å². The number of pyridine rings is 1. The molecule has 0 bridgehead atoms. The highest BCUT2D eigenvalue weighted by atomic mass is 32.1. The molecule has 1 aliphatic carbocycles. The molecule has 2 aromatic rings. The van der Waals surface area contributed by atoms with Crippen LogP contribution in [0.4, 0.5) is 0 Å². The average molecular weight is 301 g/mol. The molecule has 0 spiro atoms. The molecule has 0 atom stereocenters. The third kappa shape index (κ3) is 4.37. The second-order valence-corrected chi connectivity index (χ2v) is 7.32. The topological polar surface area (TPSA) is 28.2 Å². The van der Waals surface area contributed by atoms with Crippen LogP contribution < -0.4 is 5.32 Å². The number of aromatic nitrogens is 1. The predicted octanol–water partition coefficient (Wildman–Crippen LogP) is 3.34. The lowest BCUT2D eigenvalue weighted by Gasteiger charge is -2.16. The van der Waals surface area contributed by atoms with Crippen molar-refractivity contribution in [1.29, 1.82) is 0 Å². The second kappa shape index (κ2) is 6.69. The van der Waals surface area contributed by atoms with Gasteiger partial charge >= 0.3 is 0 Å². The zero-order chi connectivity index (χ0) is 14.7. The van der Waals surface area contributed by atoms with E-state index in [9.17, 15) is 0 Å². The highest BCUT2D eigenvalue weighted by Crippen LogP contribution is 2.25. The summed E-state index contributed by atoms with van der Waals surface area (Å²) in [5, 5.41) is 3.60. The summed E-state index contributed by atoms with van der Waals surface area (Å²) in [6.07, 6.45) is 6.43. The van der Waals surface area contributed by atoms with Gasteiger partial charge in [0, 0.05) is 47.8 Å². The van der Waals surface area contributed by atoms with Crippen molar-refractivity contribution in [1.82, 2.24) is 15.2 Å². The monoisotopic (exact) mass is 301 g/mol.